The molecule has 26 heavy (non-hydrogen) atoms. The van der Waals surface area contributed by atoms with Gasteiger partial charge in [0.05, 0.1) is 15.9 Å². The fourth-order valence-electron chi connectivity index (χ4n) is 2.63. The SMILES string of the molecule is NC(=O)CCN(Cc1ccccc1)S(=O)(=O)c1ccc2[nH]c(=O)[nH]c2c1. The van der Waals surface area contributed by atoms with E-state index in [1.54, 1.807) is 12.1 Å². The van der Waals surface area contributed by atoms with Crippen molar-refractivity contribution in [2.45, 2.75) is 17.9 Å². The lowest BCUT2D eigenvalue weighted by Gasteiger charge is -2.22. The molecule has 0 aliphatic rings. The van der Waals surface area contributed by atoms with Gasteiger partial charge in [0.15, 0.2) is 0 Å². The second-order valence-corrected chi connectivity index (χ2v) is 7.76. The quantitative estimate of drug-likeness (QED) is 0.568. The van der Waals surface area contributed by atoms with Crippen LogP contribution in [0.2, 0.25) is 0 Å². The molecule has 8 nitrogen and oxygen atoms in total. The van der Waals surface area contributed by atoms with Crippen molar-refractivity contribution < 1.29 is 13.2 Å². The lowest BCUT2D eigenvalue weighted by atomic mass is 10.2. The Labute approximate surface area is 149 Å². The number of amides is 1. The van der Waals surface area contributed by atoms with Crippen LogP contribution in [0.25, 0.3) is 11.0 Å². The summed E-state index contributed by atoms with van der Waals surface area (Å²) in [6.45, 7) is 0.0758. The molecule has 0 unspecified atom stereocenters. The molecule has 0 aliphatic carbocycles. The summed E-state index contributed by atoms with van der Waals surface area (Å²) in [4.78, 5) is 27.7. The molecule has 0 spiro atoms. The Kier molecular flexibility index (Phi) is 4.92. The second-order valence-electron chi connectivity index (χ2n) is 5.83. The van der Waals surface area contributed by atoms with Crippen molar-refractivity contribution in [1.82, 2.24) is 14.3 Å². The first kappa shape index (κ1) is 17.9. The zero-order chi connectivity index (χ0) is 18.7. The monoisotopic (exact) mass is 374 g/mol. The van der Waals surface area contributed by atoms with Gasteiger partial charge in [0.1, 0.15) is 0 Å². The molecule has 0 bridgehead atoms. The summed E-state index contributed by atoms with van der Waals surface area (Å²) >= 11 is 0. The molecule has 4 N–H and O–H groups in total. The number of nitrogens with one attached hydrogen (secondary N) is 2. The standard InChI is InChI=1S/C17H18N4O4S/c18-16(22)8-9-21(11-12-4-2-1-3-5-12)26(24,25)13-6-7-14-15(10-13)20-17(23)19-14/h1-7,10H,8-9,11H2,(H2,18,22)(H2,19,20,23). The topological polar surface area (TPSA) is 129 Å². The molecule has 0 saturated heterocycles. The number of hydrogen-bond acceptors (Lipinski definition) is 4. The highest BCUT2D eigenvalue weighted by atomic mass is 32.2. The minimum absolute atomic E-state index is 0.0284. The summed E-state index contributed by atoms with van der Waals surface area (Å²) in [5.74, 6) is -0.580. The van der Waals surface area contributed by atoms with Crippen molar-refractivity contribution in [3.05, 3.63) is 64.6 Å². The fourth-order valence-corrected chi connectivity index (χ4v) is 4.08. The number of carbonyl (C=O) groups is 1. The number of H-pyrrole nitrogens is 2. The summed E-state index contributed by atoms with van der Waals surface area (Å²) in [5, 5.41) is 0. The van der Waals surface area contributed by atoms with Crippen molar-refractivity contribution >= 4 is 27.0 Å². The molecule has 1 amide bonds. The molecule has 0 fully saturated rings. The normalized spacial score (nSPS) is 11.9. The predicted molar refractivity (Wildman–Crippen MR) is 96.8 cm³/mol. The van der Waals surface area contributed by atoms with Crippen LogP contribution in [0.3, 0.4) is 0 Å². The van der Waals surface area contributed by atoms with Gasteiger partial charge < -0.3 is 15.7 Å². The smallest absolute Gasteiger partial charge is 0.323 e. The molecule has 9 heteroatoms. The third kappa shape index (κ3) is 3.84. The first-order valence-electron chi connectivity index (χ1n) is 7.91. The number of hydrogen-bond donors (Lipinski definition) is 3. The minimum atomic E-state index is -3.89. The highest BCUT2D eigenvalue weighted by Gasteiger charge is 2.25. The number of primary amides is 1. The van der Waals surface area contributed by atoms with Crippen molar-refractivity contribution in [2.75, 3.05) is 6.54 Å². The molecule has 0 atom stereocenters. The van der Waals surface area contributed by atoms with E-state index in [-0.39, 0.29) is 24.4 Å². The van der Waals surface area contributed by atoms with Gasteiger partial charge in [-0.15, -0.1) is 0 Å². The van der Waals surface area contributed by atoms with E-state index in [1.165, 1.54) is 22.5 Å². The number of aromatic amines is 2. The number of aromatic nitrogens is 2. The maximum Gasteiger partial charge on any atom is 0.323 e. The van der Waals surface area contributed by atoms with Gasteiger partial charge in [-0.05, 0) is 23.8 Å². The Morgan fingerprint density at radius 2 is 1.73 bits per heavy atom. The first-order valence-corrected chi connectivity index (χ1v) is 9.35. The maximum atomic E-state index is 13.1. The van der Waals surface area contributed by atoms with Crippen molar-refractivity contribution in [3.8, 4) is 0 Å². The van der Waals surface area contributed by atoms with Gasteiger partial charge in [-0.3, -0.25) is 4.79 Å². The van der Waals surface area contributed by atoms with Crippen LogP contribution in [0, 0.1) is 0 Å². The van der Waals surface area contributed by atoms with Gasteiger partial charge in [0, 0.05) is 19.5 Å². The van der Waals surface area contributed by atoms with Crippen LogP contribution in [-0.4, -0.2) is 35.1 Å². The summed E-state index contributed by atoms with van der Waals surface area (Å²) in [6, 6.07) is 13.4. The van der Waals surface area contributed by atoms with Crippen LogP contribution in [0.1, 0.15) is 12.0 Å². The van der Waals surface area contributed by atoms with Crippen LogP contribution >= 0.6 is 0 Å². The van der Waals surface area contributed by atoms with Crippen molar-refractivity contribution in [2.24, 2.45) is 5.73 Å². The number of rotatable bonds is 7. The zero-order valence-electron chi connectivity index (χ0n) is 13.8. The van der Waals surface area contributed by atoms with Gasteiger partial charge in [0.2, 0.25) is 15.9 Å². The van der Waals surface area contributed by atoms with E-state index in [0.717, 1.165) is 5.56 Å². The molecule has 136 valence electrons. The average Bonchev–Trinajstić information content (AvgIpc) is 2.98. The zero-order valence-corrected chi connectivity index (χ0v) is 14.6. The third-order valence-electron chi connectivity index (χ3n) is 3.93. The highest BCUT2D eigenvalue weighted by molar-refractivity contribution is 7.89. The molecular weight excluding hydrogens is 356 g/mol. The van der Waals surface area contributed by atoms with Crippen LogP contribution in [-0.2, 0) is 21.4 Å². The molecule has 0 aliphatic heterocycles. The van der Waals surface area contributed by atoms with Crippen LogP contribution in [0.4, 0.5) is 0 Å². The van der Waals surface area contributed by atoms with Crippen LogP contribution in [0.15, 0.2) is 58.2 Å². The second kappa shape index (κ2) is 7.14. The summed E-state index contributed by atoms with van der Waals surface area (Å²) in [7, 11) is -3.89. The van der Waals surface area contributed by atoms with Gasteiger partial charge >= 0.3 is 5.69 Å². The Bertz CT molecular complexity index is 1090. The van der Waals surface area contributed by atoms with E-state index in [0.29, 0.717) is 11.0 Å². The minimum Gasteiger partial charge on any atom is -0.370 e. The lowest BCUT2D eigenvalue weighted by Crippen LogP contribution is -2.33. The lowest BCUT2D eigenvalue weighted by molar-refractivity contribution is -0.118. The molecule has 3 rings (SSSR count). The molecule has 3 aromatic rings. The number of nitrogens with zero attached hydrogens (tertiary/aromatic N) is 1. The number of imidazole rings is 1. The van der Waals surface area contributed by atoms with Crippen molar-refractivity contribution in [3.63, 3.8) is 0 Å². The molecule has 0 radical (unpaired) electrons. The largest absolute Gasteiger partial charge is 0.370 e. The number of benzene rings is 2. The number of nitrogens with two attached hydrogens (primary N) is 1. The van der Waals surface area contributed by atoms with Gasteiger partial charge in [-0.25, -0.2) is 13.2 Å². The highest BCUT2D eigenvalue weighted by Crippen LogP contribution is 2.21. The Hall–Kier alpha value is -2.91. The molecule has 1 heterocycles. The summed E-state index contributed by atoms with van der Waals surface area (Å²) < 4.78 is 27.4. The van der Waals surface area contributed by atoms with E-state index in [2.05, 4.69) is 9.97 Å². The van der Waals surface area contributed by atoms with Crippen molar-refractivity contribution in [1.29, 1.82) is 0 Å². The average molecular weight is 374 g/mol. The van der Waals surface area contributed by atoms with Crippen LogP contribution < -0.4 is 11.4 Å². The Morgan fingerprint density at radius 1 is 1.04 bits per heavy atom. The molecular formula is C17H18N4O4S. The van der Waals surface area contributed by atoms with Gasteiger partial charge in [-0.2, -0.15) is 4.31 Å². The molecule has 0 saturated carbocycles. The number of fused-ring (bicyclic) bond motifs is 1. The van der Waals surface area contributed by atoms with E-state index >= 15 is 0 Å². The first-order chi connectivity index (χ1) is 12.4. The number of sulfonamides is 1. The van der Waals surface area contributed by atoms with E-state index in [4.69, 9.17) is 5.73 Å². The Balaban J connectivity index is 1.98. The van der Waals surface area contributed by atoms with Gasteiger partial charge in [-0.1, -0.05) is 30.3 Å². The maximum absolute atomic E-state index is 13.1. The van der Waals surface area contributed by atoms with E-state index in [9.17, 15) is 18.0 Å². The van der Waals surface area contributed by atoms with Gasteiger partial charge in [0.25, 0.3) is 0 Å². The molecule has 2 aromatic carbocycles. The molecule has 1 aromatic heterocycles. The number of carbonyl (C=O) groups excluding carboxylic acids is 1. The summed E-state index contributed by atoms with van der Waals surface area (Å²) in [5.41, 5.74) is 6.47. The third-order valence-corrected chi connectivity index (χ3v) is 5.78. The van der Waals surface area contributed by atoms with E-state index in [1.807, 2.05) is 18.2 Å². The van der Waals surface area contributed by atoms with E-state index < -0.39 is 21.6 Å². The fraction of sp³-hybridized carbons (Fsp3) is 0.176. The summed E-state index contributed by atoms with van der Waals surface area (Å²) in [6.07, 6.45) is -0.0880. The van der Waals surface area contributed by atoms with Crippen LogP contribution in [0.5, 0.6) is 0 Å². The predicted octanol–water partition coefficient (Wildman–Crippen LogP) is 0.922. The Morgan fingerprint density at radius 3 is 2.42 bits per heavy atom.